The smallest absolute Gasteiger partial charge is 0.0931 e. The summed E-state index contributed by atoms with van der Waals surface area (Å²) in [4.78, 5) is 1.41. The molecule has 1 aromatic rings. The fourth-order valence-electron chi connectivity index (χ4n) is 1.78. The summed E-state index contributed by atoms with van der Waals surface area (Å²) in [7, 11) is 0. The molecule has 1 atom stereocenters. The minimum atomic E-state index is 0.754. The fourth-order valence-corrected chi connectivity index (χ4v) is 2.98. The molecule has 0 aliphatic heterocycles. The Balaban J connectivity index is 2.42. The quantitative estimate of drug-likeness (QED) is 0.767. The number of thiophene rings is 1. The zero-order valence-corrected chi connectivity index (χ0v) is 11.1. The van der Waals surface area contributed by atoms with Crippen molar-refractivity contribution in [3.63, 3.8) is 0 Å². The van der Waals surface area contributed by atoms with E-state index >= 15 is 0 Å². The van der Waals surface area contributed by atoms with E-state index in [-0.39, 0.29) is 0 Å². The lowest BCUT2D eigenvalue weighted by atomic mass is 9.99. The lowest BCUT2D eigenvalue weighted by molar-refractivity contribution is 0.447. The highest BCUT2D eigenvalue weighted by Crippen LogP contribution is 2.25. The average Bonchev–Trinajstić information content (AvgIpc) is 2.61. The van der Waals surface area contributed by atoms with E-state index in [9.17, 15) is 0 Å². The second-order valence-corrected chi connectivity index (χ2v) is 5.67. The zero-order valence-electron chi connectivity index (χ0n) is 9.55. The second-order valence-electron chi connectivity index (χ2n) is 3.87. The number of halogens is 1. The third-order valence-electron chi connectivity index (χ3n) is 2.50. The van der Waals surface area contributed by atoms with E-state index in [0.29, 0.717) is 0 Å². The van der Waals surface area contributed by atoms with Gasteiger partial charge >= 0.3 is 0 Å². The molecule has 0 aromatic carbocycles. The normalized spacial score (nSPS) is 13.0. The van der Waals surface area contributed by atoms with E-state index in [2.05, 4.69) is 25.2 Å². The van der Waals surface area contributed by atoms with Crippen LogP contribution in [0.4, 0.5) is 0 Å². The predicted octanol–water partition coefficient (Wildman–Crippen LogP) is 3.97. The summed E-state index contributed by atoms with van der Waals surface area (Å²) in [6.45, 7) is 6.59. The van der Waals surface area contributed by atoms with E-state index < -0.39 is 0 Å². The molecule has 0 saturated carbocycles. The topological polar surface area (TPSA) is 12.0 Å². The summed E-state index contributed by atoms with van der Waals surface area (Å²) in [6, 6.07) is 4.15. The molecular formula is C12H20ClNS. The molecule has 0 aliphatic carbocycles. The number of hydrogen-bond acceptors (Lipinski definition) is 2. The van der Waals surface area contributed by atoms with Crippen LogP contribution in [0, 0.1) is 5.92 Å². The van der Waals surface area contributed by atoms with Gasteiger partial charge in [-0.3, -0.25) is 0 Å². The molecule has 0 radical (unpaired) electrons. The fraction of sp³-hybridized carbons (Fsp3) is 0.667. The monoisotopic (exact) mass is 245 g/mol. The van der Waals surface area contributed by atoms with E-state index in [0.717, 1.165) is 29.8 Å². The molecule has 0 aliphatic rings. The number of rotatable bonds is 7. The Hall–Kier alpha value is -0.0500. The van der Waals surface area contributed by atoms with E-state index in [1.807, 2.05) is 6.07 Å². The van der Waals surface area contributed by atoms with Gasteiger partial charge in [-0.15, -0.1) is 11.3 Å². The van der Waals surface area contributed by atoms with Crippen LogP contribution in [0.15, 0.2) is 12.1 Å². The van der Waals surface area contributed by atoms with Gasteiger partial charge in [-0.25, -0.2) is 0 Å². The molecule has 1 nitrogen and oxygen atoms in total. The molecule has 1 heterocycles. The summed E-state index contributed by atoms with van der Waals surface area (Å²) in [5.74, 6) is 0.754. The Bertz CT molecular complexity index is 272. The number of hydrogen-bond donors (Lipinski definition) is 1. The van der Waals surface area contributed by atoms with Crippen LogP contribution in [-0.2, 0) is 6.42 Å². The molecule has 0 saturated heterocycles. The summed E-state index contributed by atoms with van der Waals surface area (Å²) in [5.41, 5.74) is 0. The van der Waals surface area contributed by atoms with E-state index in [1.165, 1.54) is 17.7 Å². The Morgan fingerprint density at radius 3 is 2.73 bits per heavy atom. The Morgan fingerprint density at radius 1 is 1.40 bits per heavy atom. The molecular weight excluding hydrogens is 226 g/mol. The van der Waals surface area contributed by atoms with Crippen LogP contribution in [0.3, 0.4) is 0 Å². The van der Waals surface area contributed by atoms with Crippen LogP contribution in [-0.4, -0.2) is 13.1 Å². The largest absolute Gasteiger partial charge is 0.317 e. The SMILES string of the molecule is CCCC(CNCC)Cc1ccc(Cl)s1. The molecule has 15 heavy (non-hydrogen) atoms. The van der Waals surface area contributed by atoms with Gasteiger partial charge in [0.2, 0.25) is 0 Å². The van der Waals surface area contributed by atoms with Gasteiger partial charge in [-0.2, -0.15) is 0 Å². The standard InChI is InChI=1S/C12H20ClNS/c1-3-5-10(9-14-4-2)8-11-6-7-12(13)15-11/h6-7,10,14H,3-5,8-9H2,1-2H3. The lowest BCUT2D eigenvalue weighted by Crippen LogP contribution is -2.23. The zero-order chi connectivity index (χ0) is 11.1. The molecule has 1 aromatic heterocycles. The van der Waals surface area contributed by atoms with Crippen LogP contribution in [0.25, 0.3) is 0 Å². The van der Waals surface area contributed by atoms with Crippen molar-refractivity contribution in [2.75, 3.05) is 13.1 Å². The van der Waals surface area contributed by atoms with Gasteiger partial charge in [-0.1, -0.05) is 31.9 Å². The van der Waals surface area contributed by atoms with Crippen molar-refractivity contribution in [2.45, 2.75) is 33.1 Å². The van der Waals surface area contributed by atoms with Crippen LogP contribution < -0.4 is 5.32 Å². The Kier molecular flexibility index (Phi) is 6.30. The van der Waals surface area contributed by atoms with Crippen LogP contribution in [0.1, 0.15) is 31.6 Å². The summed E-state index contributed by atoms with van der Waals surface area (Å²) >= 11 is 7.64. The van der Waals surface area contributed by atoms with Crippen molar-refractivity contribution >= 4 is 22.9 Å². The molecule has 0 spiro atoms. The van der Waals surface area contributed by atoms with Gasteiger partial charge in [0.25, 0.3) is 0 Å². The first-order valence-electron chi connectivity index (χ1n) is 5.71. The lowest BCUT2D eigenvalue weighted by Gasteiger charge is -2.15. The van der Waals surface area contributed by atoms with Crippen molar-refractivity contribution in [3.05, 3.63) is 21.3 Å². The first kappa shape index (κ1) is 13.0. The molecule has 0 amide bonds. The van der Waals surface area contributed by atoms with Crippen molar-refractivity contribution in [1.29, 1.82) is 0 Å². The average molecular weight is 246 g/mol. The van der Waals surface area contributed by atoms with Crippen molar-refractivity contribution < 1.29 is 0 Å². The maximum Gasteiger partial charge on any atom is 0.0931 e. The van der Waals surface area contributed by atoms with Crippen LogP contribution in [0.2, 0.25) is 4.34 Å². The first-order chi connectivity index (χ1) is 7.26. The minimum absolute atomic E-state index is 0.754. The van der Waals surface area contributed by atoms with Crippen LogP contribution in [0.5, 0.6) is 0 Å². The highest BCUT2D eigenvalue weighted by molar-refractivity contribution is 7.16. The maximum absolute atomic E-state index is 5.93. The maximum atomic E-state index is 5.93. The highest BCUT2D eigenvalue weighted by Gasteiger charge is 2.09. The summed E-state index contributed by atoms with van der Waals surface area (Å²) in [5, 5.41) is 3.43. The molecule has 86 valence electrons. The van der Waals surface area contributed by atoms with Crippen molar-refractivity contribution in [2.24, 2.45) is 5.92 Å². The van der Waals surface area contributed by atoms with Crippen molar-refractivity contribution in [3.8, 4) is 0 Å². The summed E-state index contributed by atoms with van der Waals surface area (Å²) in [6.07, 6.45) is 3.72. The molecule has 1 unspecified atom stereocenters. The molecule has 1 N–H and O–H groups in total. The molecule has 1 rings (SSSR count). The molecule has 0 fully saturated rings. The van der Waals surface area contributed by atoms with Gasteiger partial charge in [-0.05, 0) is 44.0 Å². The number of nitrogens with one attached hydrogen (secondary N) is 1. The minimum Gasteiger partial charge on any atom is -0.317 e. The van der Waals surface area contributed by atoms with Gasteiger partial charge in [0.15, 0.2) is 0 Å². The van der Waals surface area contributed by atoms with Gasteiger partial charge in [0.1, 0.15) is 0 Å². The first-order valence-corrected chi connectivity index (χ1v) is 6.90. The third-order valence-corrected chi connectivity index (χ3v) is 3.75. The highest BCUT2D eigenvalue weighted by atomic mass is 35.5. The predicted molar refractivity (Wildman–Crippen MR) is 70.0 cm³/mol. The van der Waals surface area contributed by atoms with E-state index in [1.54, 1.807) is 11.3 Å². The molecule has 0 bridgehead atoms. The molecule has 3 heteroatoms. The van der Waals surface area contributed by atoms with Crippen LogP contribution >= 0.6 is 22.9 Å². The third kappa shape index (κ3) is 5.01. The van der Waals surface area contributed by atoms with Gasteiger partial charge < -0.3 is 5.32 Å². The summed E-state index contributed by atoms with van der Waals surface area (Å²) < 4.78 is 0.906. The Labute approximate surface area is 102 Å². The van der Waals surface area contributed by atoms with Gasteiger partial charge in [0.05, 0.1) is 4.34 Å². The Morgan fingerprint density at radius 2 is 2.20 bits per heavy atom. The van der Waals surface area contributed by atoms with Gasteiger partial charge in [0, 0.05) is 4.88 Å². The van der Waals surface area contributed by atoms with E-state index in [4.69, 9.17) is 11.6 Å². The second kappa shape index (κ2) is 7.26. The van der Waals surface area contributed by atoms with Crippen molar-refractivity contribution in [1.82, 2.24) is 5.32 Å².